The zero-order chi connectivity index (χ0) is 28.3. The van der Waals surface area contributed by atoms with E-state index < -0.39 is 35.3 Å². The van der Waals surface area contributed by atoms with Gasteiger partial charge in [-0.3, -0.25) is 19.3 Å². The number of carbonyl (C=O) groups excluding carboxylic acids is 3. The fraction of sp³-hybridized carbons (Fsp3) is 0.148. The molecule has 1 heterocycles. The molecule has 0 spiro atoms. The molecule has 12 heteroatoms. The number of anilines is 1. The van der Waals surface area contributed by atoms with E-state index in [4.69, 9.17) is 27.9 Å². The minimum Gasteiger partial charge on any atom is -0.486 e. The van der Waals surface area contributed by atoms with Crippen LogP contribution in [0.4, 0.5) is 23.7 Å². The molecule has 6 nitrogen and oxygen atoms in total. The van der Waals surface area contributed by atoms with Crippen molar-refractivity contribution in [3.63, 3.8) is 0 Å². The van der Waals surface area contributed by atoms with Gasteiger partial charge in [0.15, 0.2) is 5.75 Å². The third-order valence-electron chi connectivity index (χ3n) is 5.47. The van der Waals surface area contributed by atoms with Crippen molar-refractivity contribution >= 4 is 63.8 Å². The molecule has 0 aromatic heterocycles. The lowest BCUT2D eigenvalue weighted by atomic mass is 10.1. The second kappa shape index (κ2) is 11.7. The maximum Gasteiger partial charge on any atom is 0.416 e. The summed E-state index contributed by atoms with van der Waals surface area (Å²) in [5.74, 6) is -1.31. The topological polar surface area (TPSA) is 75.7 Å². The number of nitrogens with one attached hydrogen (secondary N) is 1. The van der Waals surface area contributed by atoms with Gasteiger partial charge in [-0.05, 0) is 66.2 Å². The van der Waals surface area contributed by atoms with Gasteiger partial charge in [-0.1, -0.05) is 59.1 Å². The number of aryl methyl sites for hydroxylation is 1. The van der Waals surface area contributed by atoms with Crippen molar-refractivity contribution in [1.29, 1.82) is 0 Å². The first-order chi connectivity index (χ1) is 18.4. The summed E-state index contributed by atoms with van der Waals surface area (Å²) in [4.78, 5) is 38.3. The Bertz CT molecular complexity index is 1450. The number of imide groups is 1. The third kappa shape index (κ3) is 7.14. The molecule has 39 heavy (non-hydrogen) atoms. The average molecular weight is 595 g/mol. The summed E-state index contributed by atoms with van der Waals surface area (Å²) in [5.41, 5.74) is 1.39. The van der Waals surface area contributed by atoms with Crippen LogP contribution in [-0.4, -0.2) is 28.5 Å². The summed E-state index contributed by atoms with van der Waals surface area (Å²) in [5, 5.41) is 1.95. The van der Waals surface area contributed by atoms with Crippen molar-refractivity contribution in [2.24, 2.45) is 0 Å². The van der Waals surface area contributed by atoms with Gasteiger partial charge in [0, 0.05) is 5.69 Å². The van der Waals surface area contributed by atoms with Gasteiger partial charge in [0.1, 0.15) is 13.2 Å². The number of ether oxygens (including phenoxy) is 1. The predicted octanol–water partition coefficient (Wildman–Crippen LogP) is 7.57. The molecule has 0 saturated carbocycles. The van der Waals surface area contributed by atoms with Crippen LogP contribution in [0.3, 0.4) is 0 Å². The molecule has 1 saturated heterocycles. The lowest BCUT2D eigenvalue weighted by Gasteiger charge is -2.13. The number of benzene rings is 3. The van der Waals surface area contributed by atoms with E-state index >= 15 is 0 Å². The van der Waals surface area contributed by atoms with Crippen molar-refractivity contribution in [3.8, 4) is 5.75 Å². The molecule has 4 rings (SSSR count). The molecular formula is C27H19Cl2F3N2O4S. The van der Waals surface area contributed by atoms with E-state index in [1.54, 1.807) is 0 Å². The lowest BCUT2D eigenvalue weighted by molar-refractivity contribution is -0.137. The van der Waals surface area contributed by atoms with Crippen LogP contribution in [-0.2, 0) is 22.4 Å². The van der Waals surface area contributed by atoms with Gasteiger partial charge in [0.2, 0.25) is 5.91 Å². The molecular weight excluding hydrogens is 576 g/mol. The molecule has 0 unspecified atom stereocenters. The van der Waals surface area contributed by atoms with E-state index in [-0.39, 0.29) is 33.0 Å². The number of rotatable bonds is 7. The standard InChI is InChI=1S/C27H19Cl2F3N2O4S/c1-15-5-7-16(8-6-15)14-38-24-20(28)9-17(10-21(24)29)11-22-25(36)34(26(37)39-22)13-23(35)33-19-4-2-3-18(12-19)27(30,31)32/h2-12H,13-14H2,1H3,(H,33,35)/b22-11-. The average Bonchev–Trinajstić information content (AvgIpc) is 3.11. The monoisotopic (exact) mass is 594 g/mol. The van der Waals surface area contributed by atoms with E-state index in [9.17, 15) is 27.6 Å². The Labute approximate surface area is 235 Å². The van der Waals surface area contributed by atoms with Crippen molar-refractivity contribution in [2.75, 3.05) is 11.9 Å². The summed E-state index contributed by atoms with van der Waals surface area (Å²) in [7, 11) is 0. The predicted molar refractivity (Wildman–Crippen MR) is 145 cm³/mol. The van der Waals surface area contributed by atoms with Crippen molar-refractivity contribution in [2.45, 2.75) is 19.7 Å². The molecule has 1 aliphatic rings. The summed E-state index contributed by atoms with van der Waals surface area (Å²) < 4.78 is 44.5. The second-order valence-corrected chi connectivity index (χ2v) is 10.3. The largest absolute Gasteiger partial charge is 0.486 e. The van der Waals surface area contributed by atoms with Crippen LogP contribution in [0, 0.1) is 6.92 Å². The number of carbonyl (C=O) groups is 3. The van der Waals surface area contributed by atoms with Gasteiger partial charge in [-0.25, -0.2) is 0 Å². The first kappa shape index (κ1) is 28.5. The Kier molecular flexibility index (Phi) is 8.58. The zero-order valence-electron chi connectivity index (χ0n) is 20.1. The highest BCUT2D eigenvalue weighted by Gasteiger charge is 2.36. The number of hydrogen-bond acceptors (Lipinski definition) is 5. The van der Waals surface area contributed by atoms with Crippen LogP contribution in [0.15, 0.2) is 65.6 Å². The number of alkyl halides is 3. The normalized spacial score (nSPS) is 14.7. The molecule has 3 aromatic rings. The van der Waals surface area contributed by atoms with E-state index in [0.29, 0.717) is 22.2 Å². The van der Waals surface area contributed by atoms with Crippen LogP contribution in [0.1, 0.15) is 22.3 Å². The molecule has 0 bridgehead atoms. The molecule has 0 aliphatic carbocycles. The SMILES string of the molecule is Cc1ccc(COc2c(Cl)cc(/C=C3\SC(=O)N(CC(=O)Nc4cccc(C(F)(F)F)c4)C3=O)cc2Cl)cc1. The highest BCUT2D eigenvalue weighted by molar-refractivity contribution is 8.18. The van der Waals surface area contributed by atoms with E-state index in [2.05, 4.69) is 5.32 Å². The maximum atomic E-state index is 12.9. The zero-order valence-corrected chi connectivity index (χ0v) is 22.5. The Balaban J connectivity index is 1.42. The maximum absolute atomic E-state index is 12.9. The Morgan fingerprint density at radius 2 is 1.72 bits per heavy atom. The summed E-state index contributed by atoms with van der Waals surface area (Å²) in [6, 6.07) is 14.8. The number of hydrogen-bond donors (Lipinski definition) is 1. The quantitative estimate of drug-likeness (QED) is 0.285. The van der Waals surface area contributed by atoms with Gasteiger partial charge in [-0.2, -0.15) is 13.2 Å². The van der Waals surface area contributed by atoms with Gasteiger partial charge >= 0.3 is 6.18 Å². The fourth-order valence-electron chi connectivity index (χ4n) is 3.55. The van der Waals surface area contributed by atoms with Crippen LogP contribution in [0.5, 0.6) is 5.75 Å². The molecule has 1 aliphatic heterocycles. The van der Waals surface area contributed by atoms with Crippen molar-refractivity contribution in [1.82, 2.24) is 4.90 Å². The number of nitrogens with zero attached hydrogens (tertiary/aromatic N) is 1. The van der Waals surface area contributed by atoms with E-state index in [1.165, 1.54) is 24.3 Å². The van der Waals surface area contributed by atoms with E-state index in [1.807, 2.05) is 31.2 Å². The minimum absolute atomic E-state index is 0.0207. The number of amides is 3. The van der Waals surface area contributed by atoms with Gasteiger partial charge < -0.3 is 10.1 Å². The highest BCUT2D eigenvalue weighted by atomic mass is 35.5. The highest BCUT2D eigenvalue weighted by Crippen LogP contribution is 2.38. The van der Waals surface area contributed by atoms with Crippen molar-refractivity contribution in [3.05, 3.63) is 97.9 Å². The number of halogens is 5. The fourth-order valence-corrected chi connectivity index (χ4v) is 5.00. The lowest BCUT2D eigenvalue weighted by Crippen LogP contribution is -2.36. The second-order valence-electron chi connectivity index (χ2n) is 8.48. The Morgan fingerprint density at radius 3 is 2.36 bits per heavy atom. The summed E-state index contributed by atoms with van der Waals surface area (Å²) >= 11 is 13.3. The number of thioether (sulfide) groups is 1. The molecule has 202 valence electrons. The molecule has 1 fully saturated rings. The molecule has 1 N–H and O–H groups in total. The molecule has 0 radical (unpaired) electrons. The van der Waals surface area contributed by atoms with Crippen LogP contribution < -0.4 is 10.1 Å². The summed E-state index contributed by atoms with van der Waals surface area (Å²) in [6.45, 7) is 1.54. The Morgan fingerprint density at radius 1 is 1.05 bits per heavy atom. The van der Waals surface area contributed by atoms with Crippen molar-refractivity contribution < 1.29 is 32.3 Å². The van der Waals surface area contributed by atoms with Crippen LogP contribution in [0.25, 0.3) is 6.08 Å². The van der Waals surface area contributed by atoms with Gasteiger partial charge in [0.25, 0.3) is 11.1 Å². The summed E-state index contributed by atoms with van der Waals surface area (Å²) in [6.07, 6.45) is -3.19. The molecule has 0 atom stereocenters. The molecule has 3 aromatic carbocycles. The molecule has 3 amide bonds. The minimum atomic E-state index is -4.59. The third-order valence-corrected chi connectivity index (χ3v) is 6.94. The Hall–Kier alpha value is -3.47. The smallest absolute Gasteiger partial charge is 0.416 e. The first-order valence-corrected chi connectivity index (χ1v) is 12.9. The van der Waals surface area contributed by atoms with Crippen LogP contribution >= 0.6 is 35.0 Å². The van der Waals surface area contributed by atoms with Gasteiger partial charge in [-0.15, -0.1) is 0 Å². The van der Waals surface area contributed by atoms with Crippen LogP contribution in [0.2, 0.25) is 10.0 Å². The van der Waals surface area contributed by atoms with Gasteiger partial charge in [0.05, 0.1) is 20.5 Å². The first-order valence-electron chi connectivity index (χ1n) is 11.3. The van der Waals surface area contributed by atoms with E-state index in [0.717, 1.165) is 29.3 Å².